The molecule has 0 aromatic heterocycles. The predicted molar refractivity (Wildman–Crippen MR) is 352 cm³/mol. The van der Waals surface area contributed by atoms with Crippen molar-refractivity contribution in [3.63, 3.8) is 0 Å². The van der Waals surface area contributed by atoms with Crippen LogP contribution in [0.4, 0.5) is 17.6 Å². The molecule has 7 fully saturated rings. The lowest BCUT2D eigenvalue weighted by molar-refractivity contribution is -0.201. The van der Waals surface area contributed by atoms with Crippen molar-refractivity contribution in [2.24, 2.45) is 41.4 Å². The SMILES string of the molecule is CC[C@H](C)[C@@H]1NC(=O)[C@H](CC(C)C)N(C)C(=O)C[C@@H](C)N(C)C(=O)[C@H](C2CCCC2)N(C)C(=O)C2(CCCC2)NC(=O)[C@@H]2CCCN2C(=O)[C@H](CCC2CCC(C(F)(F)F)C(F)C2)NC(=O)CN(C)C(=O)[C@H](CC2CCC(C)CC2)N(C)C(=O)[C@@H]2CCN2C(=O)[C@H](C)N(C)C1=O. The number of hydrogen-bond acceptors (Lipinski definition) is 11. The first-order chi connectivity index (χ1) is 45.1. The maximum absolute atomic E-state index is 15.4. The molecule has 7 rings (SSSR count). The highest BCUT2D eigenvalue weighted by molar-refractivity contribution is 6.00. The molecule has 96 heavy (non-hydrogen) atoms. The average Bonchev–Trinajstić information content (AvgIpc) is 1.33. The van der Waals surface area contributed by atoms with Gasteiger partial charge in [0, 0.05) is 67.8 Å². The first-order valence-electron chi connectivity index (χ1n) is 35.9. The van der Waals surface area contributed by atoms with Crippen LogP contribution in [-0.4, -0.2) is 238 Å². The van der Waals surface area contributed by atoms with Crippen LogP contribution in [0.15, 0.2) is 0 Å². The number of nitrogens with zero attached hydrogens (tertiary/aromatic N) is 8. The van der Waals surface area contributed by atoms with E-state index in [9.17, 15) is 46.7 Å². The normalized spacial score (nSPS) is 33.2. The van der Waals surface area contributed by atoms with Crippen LogP contribution in [0.25, 0.3) is 0 Å². The lowest BCUT2D eigenvalue weighted by Crippen LogP contribution is -2.65. The number of nitrogens with one attached hydrogen (secondary N) is 3. The maximum atomic E-state index is 15.4. The Bertz CT molecular complexity index is 2790. The highest BCUT2D eigenvalue weighted by atomic mass is 19.4. The van der Waals surface area contributed by atoms with E-state index in [1.54, 1.807) is 34.9 Å². The summed E-state index contributed by atoms with van der Waals surface area (Å²) in [4.78, 5) is 174. The molecule has 0 radical (unpaired) electrons. The van der Waals surface area contributed by atoms with E-state index in [-0.39, 0.29) is 95.1 Å². The van der Waals surface area contributed by atoms with Gasteiger partial charge < -0.3 is 55.1 Å². The molecule has 0 bridgehead atoms. The lowest BCUT2D eigenvalue weighted by atomic mass is 9.78. The summed E-state index contributed by atoms with van der Waals surface area (Å²) >= 11 is 0. The van der Waals surface area contributed by atoms with E-state index in [1.807, 2.05) is 20.8 Å². The van der Waals surface area contributed by atoms with E-state index in [1.165, 1.54) is 67.4 Å². The molecular formula is C70H113F4N11O11. The van der Waals surface area contributed by atoms with Gasteiger partial charge in [-0.15, -0.1) is 0 Å². The van der Waals surface area contributed by atoms with Crippen molar-refractivity contribution in [2.45, 2.75) is 275 Å². The molecule has 3 unspecified atom stereocenters. The Hall–Kier alpha value is -6.11. The molecule has 1 spiro atoms. The fourth-order valence-electron chi connectivity index (χ4n) is 16.3. The van der Waals surface area contributed by atoms with Crippen molar-refractivity contribution < 1.29 is 70.3 Å². The first kappa shape index (κ1) is 77.2. The molecule has 542 valence electrons. The molecule has 3 N–H and O–H groups in total. The number of rotatable bonds is 10. The Kier molecular flexibility index (Phi) is 26.7. The van der Waals surface area contributed by atoms with Crippen molar-refractivity contribution in [1.29, 1.82) is 0 Å². The van der Waals surface area contributed by atoms with Gasteiger partial charge in [-0.05, 0) is 139 Å². The third-order valence-corrected chi connectivity index (χ3v) is 23.2. The van der Waals surface area contributed by atoms with Crippen molar-refractivity contribution in [3.8, 4) is 0 Å². The number of fused-ring (bicyclic) bond motifs is 2. The van der Waals surface area contributed by atoms with E-state index in [2.05, 4.69) is 22.9 Å². The third kappa shape index (κ3) is 18.0. The summed E-state index contributed by atoms with van der Waals surface area (Å²) in [5, 5.41) is 8.83. The van der Waals surface area contributed by atoms with Crippen LogP contribution in [0.2, 0.25) is 0 Å². The van der Waals surface area contributed by atoms with Crippen LogP contribution < -0.4 is 16.0 Å². The first-order valence-corrected chi connectivity index (χ1v) is 35.9. The van der Waals surface area contributed by atoms with E-state index in [4.69, 9.17) is 0 Å². The number of hydrogen-bond donors (Lipinski definition) is 3. The molecule has 22 nitrogen and oxygen atoms in total. The topological polar surface area (TPSA) is 250 Å². The molecule has 7 aliphatic rings. The smallest absolute Gasteiger partial charge is 0.343 e. The molecule has 0 aromatic rings. The van der Waals surface area contributed by atoms with Gasteiger partial charge in [-0.25, -0.2) is 4.39 Å². The Balaban J connectivity index is 1.24. The standard InChI is InChI=1S/C70H113F4N11O11/c1-14-43(5)58-66(94)80(10)45(7)62(90)85-35-31-53(85)65(93)82(12)55(39-47-25-23-42(4)24-26-47)64(92)78(8)40-56(86)75-51(30-28-46-27-29-49(50(71)38-46)70(72,73)74)63(91)84-34-19-22-52(84)61(89)77-69(32-17-18-33-69)68(96)83(13)59(48-20-15-16-21-48)67(95)79(9)44(6)37-57(87)81(11)54(36-41(2)3)60(88)76-58/h41-55,58-59H,14-40H2,1-13H3,(H,75,86)(H,76,88)(H,77,89)/t42?,43-,44+,45-,46?,47?,49?,50?,51-,52-,53-,54-,55-,58-,59-/m0/s1. The minimum absolute atomic E-state index is 0.0183. The van der Waals surface area contributed by atoms with Crippen LogP contribution in [0.1, 0.15) is 203 Å². The third-order valence-electron chi connectivity index (χ3n) is 23.2. The minimum Gasteiger partial charge on any atom is -0.343 e. The summed E-state index contributed by atoms with van der Waals surface area (Å²) in [7, 11) is 9.01. The fourth-order valence-corrected chi connectivity index (χ4v) is 16.3. The summed E-state index contributed by atoms with van der Waals surface area (Å²) in [6.45, 7) is 12.5. The molecule has 3 aliphatic heterocycles. The molecule has 4 aliphatic carbocycles. The fraction of sp³-hybridized carbons (Fsp3) is 0.843. The molecule has 26 heteroatoms. The molecule has 3 heterocycles. The van der Waals surface area contributed by atoms with Gasteiger partial charge in [-0.2, -0.15) is 13.2 Å². The van der Waals surface area contributed by atoms with Crippen LogP contribution in [0, 0.1) is 41.4 Å². The Morgan fingerprint density at radius 3 is 1.79 bits per heavy atom. The zero-order valence-electron chi connectivity index (χ0n) is 59.5. The summed E-state index contributed by atoms with van der Waals surface area (Å²) in [6.07, 6.45) is 1.46. The molecular weight excluding hydrogens is 1250 g/mol. The van der Waals surface area contributed by atoms with Crippen LogP contribution in [-0.2, 0) is 52.7 Å². The van der Waals surface area contributed by atoms with Crippen molar-refractivity contribution in [3.05, 3.63) is 0 Å². The number of carbonyl (C=O) groups excluding carboxylic acids is 11. The maximum Gasteiger partial charge on any atom is 0.394 e. The molecule has 11 amide bonds. The summed E-state index contributed by atoms with van der Waals surface area (Å²) < 4.78 is 56.8. The van der Waals surface area contributed by atoms with Gasteiger partial charge in [0.15, 0.2) is 0 Å². The van der Waals surface area contributed by atoms with Gasteiger partial charge >= 0.3 is 6.18 Å². The van der Waals surface area contributed by atoms with Gasteiger partial charge in [0.1, 0.15) is 60.0 Å². The second-order valence-electron chi connectivity index (χ2n) is 30.4. The monoisotopic (exact) mass is 1360 g/mol. The number of alkyl halides is 4. The number of likely N-dealkylation sites (N-methyl/N-ethyl adjacent to an activating group) is 6. The summed E-state index contributed by atoms with van der Waals surface area (Å²) in [5.41, 5.74) is -1.48. The molecule has 0 aromatic carbocycles. The van der Waals surface area contributed by atoms with E-state index < -0.39 is 174 Å². The second-order valence-corrected chi connectivity index (χ2v) is 30.4. The second kappa shape index (κ2) is 33.2. The molecule has 3 saturated heterocycles. The summed E-state index contributed by atoms with van der Waals surface area (Å²) in [5.74, 6) is -9.30. The number of amides is 11. The highest BCUT2D eigenvalue weighted by Crippen LogP contribution is 2.43. The zero-order chi connectivity index (χ0) is 71.0. The van der Waals surface area contributed by atoms with Gasteiger partial charge in [-0.1, -0.05) is 92.4 Å². The Labute approximate surface area is 566 Å². The quantitative estimate of drug-likeness (QED) is 0.196. The van der Waals surface area contributed by atoms with Gasteiger partial charge in [0.25, 0.3) is 0 Å². The van der Waals surface area contributed by atoms with Crippen molar-refractivity contribution in [2.75, 3.05) is 61.9 Å². The van der Waals surface area contributed by atoms with Crippen molar-refractivity contribution in [1.82, 2.24) is 55.1 Å². The van der Waals surface area contributed by atoms with Gasteiger partial charge in [-0.3, -0.25) is 52.7 Å². The predicted octanol–water partition coefficient (Wildman–Crippen LogP) is 6.61. The van der Waals surface area contributed by atoms with Crippen LogP contribution >= 0.6 is 0 Å². The van der Waals surface area contributed by atoms with E-state index in [0.717, 1.165) is 38.5 Å². The van der Waals surface area contributed by atoms with Crippen molar-refractivity contribution >= 4 is 65.0 Å². The highest BCUT2D eigenvalue weighted by Gasteiger charge is 2.53. The van der Waals surface area contributed by atoms with Crippen LogP contribution in [0.5, 0.6) is 0 Å². The van der Waals surface area contributed by atoms with Crippen LogP contribution in [0.3, 0.4) is 0 Å². The summed E-state index contributed by atoms with van der Waals surface area (Å²) in [6, 6.07) is -9.71. The Morgan fingerprint density at radius 1 is 0.583 bits per heavy atom. The van der Waals surface area contributed by atoms with Gasteiger partial charge in [0.2, 0.25) is 65.0 Å². The molecule has 4 saturated carbocycles. The lowest BCUT2D eigenvalue weighted by Gasteiger charge is -2.45. The largest absolute Gasteiger partial charge is 0.394 e. The van der Waals surface area contributed by atoms with E-state index >= 15 is 23.6 Å². The average molecular weight is 1360 g/mol. The van der Waals surface area contributed by atoms with Gasteiger partial charge in [0.05, 0.1) is 12.5 Å². The minimum atomic E-state index is -4.74. The number of carbonyl (C=O) groups is 11. The number of halogens is 4. The zero-order valence-corrected chi connectivity index (χ0v) is 59.5. The molecule has 13 atom stereocenters. The van der Waals surface area contributed by atoms with E-state index in [0.29, 0.717) is 44.4 Å². The Morgan fingerprint density at radius 2 is 1.21 bits per heavy atom.